The average molecular weight is 380 g/mol. The Balaban J connectivity index is 1.96. The molecule has 0 radical (unpaired) electrons. The molecule has 3 heteroatoms. The number of rotatable bonds is 10. The van der Waals surface area contributed by atoms with Gasteiger partial charge in [-0.05, 0) is 29.9 Å². The first-order valence-electron chi connectivity index (χ1n) is 10.2. The molecule has 0 spiro atoms. The summed E-state index contributed by atoms with van der Waals surface area (Å²) in [6.45, 7) is 6.68. The number of hydrogen-bond acceptors (Lipinski definition) is 2. The minimum atomic E-state index is -0.588. The van der Waals surface area contributed by atoms with Crippen LogP contribution in [-0.4, -0.2) is 17.6 Å². The van der Waals surface area contributed by atoms with Crippen LogP contribution in [0.5, 0.6) is 0 Å². The van der Waals surface area contributed by atoms with Gasteiger partial charge in [0.05, 0.1) is 6.10 Å². The van der Waals surface area contributed by atoms with Crippen LogP contribution in [-0.2, 0) is 11.2 Å². The third kappa shape index (κ3) is 7.32. The second kappa shape index (κ2) is 11.5. The zero-order valence-corrected chi connectivity index (χ0v) is 17.2. The van der Waals surface area contributed by atoms with Crippen LogP contribution in [0.15, 0.2) is 72.8 Å². The Hall–Kier alpha value is -2.39. The maximum Gasteiger partial charge on any atom is 0.223 e. The van der Waals surface area contributed by atoms with E-state index in [-0.39, 0.29) is 17.7 Å². The lowest BCUT2D eigenvalue weighted by Gasteiger charge is -2.22. The summed E-state index contributed by atoms with van der Waals surface area (Å²) in [4.78, 5) is 12.9. The summed E-state index contributed by atoms with van der Waals surface area (Å²) in [6.07, 6.45) is 5.10. The predicted molar refractivity (Wildman–Crippen MR) is 116 cm³/mol. The first-order valence-corrected chi connectivity index (χ1v) is 10.2. The Kier molecular flexibility index (Phi) is 8.96. The fourth-order valence-corrected chi connectivity index (χ4v) is 3.19. The number of hydrogen-bond donors (Lipinski definition) is 2. The molecule has 3 atom stereocenters. The molecule has 150 valence electrons. The van der Waals surface area contributed by atoms with Crippen molar-refractivity contribution in [3.05, 3.63) is 83.9 Å². The third-order valence-corrected chi connectivity index (χ3v) is 4.92. The van der Waals surface area contributed by atoms with E-state index < -0.39 is 6.10 Å². The van der Waals surface area contributed by atoms with Crippen LogP contribution in [0.25, 0.3) is 0 Å². The predicted octanol–water partition coefficient (Wildman–Crippen LogP) is 4.93. The monoisotopic (exact) mass is 379 g/mol. The minimum Gasteiger partial charge on any atom is -0.388 e. The van der Waals surface area contributed by atoms with Crippen molar-refractivity contribution in [3.8, 4) is 0 Å². The summed E-state index contributed by atoms with van der Waals surface area (Å²) in [5, 5.41) is 13.6. The number of allylic oxidation sites excluding steroid dienone is 2. The fourth-order valence-electron chi connectivity index (χ4n) is 3.19. The Morgan fingerprint density at radius 3 is 2.21 bits per heavy atom. The molecule has 1 amide bonds. The molecule has 3 nitrogen and oxygen atoms in total. The number of amides is 1. The standard InChI is InChI=1S/C25H33NO2/c1-19(2)11-10-16-23(17-21-12-6-4-7-13-21)25(28)26-18-20(3)24(27)22-14-8-5-9-15-22/h4-15,19-20,23-24,27H,16-18H2,1-3H3,(H,26,28)/t20-,23+,24-/m1/s1. The maximum absolute atomic E-state index is 12.9. The molecule has 0 saturated carbocycles. The molecule has 0 bridgehead atoms. The van der Waals surface area contributed by atoms with Crippen molar-refractivity contribution in [3.63, 3.8) is 0 Å². The number of aliphatic hydroxyl groups excluding tert-OH is 1. The molecule has 0 aliphatic heterocycles. The van der Waals surface area contributed by atoms with Gasteiger partial charge in [-0.3, -0.25) is 4.79 Å². The summed E-state index contributed by atoms with van der Waals surface area (Å²) in [5.41, 5.74) is 2.04. The molecule has 2 N–H and O–H groups in total. The summed E-state index contributed by atoms with van der Waals surface area (Å²) >= 11 is 0. The highest BCUT2D eigenvalue weighted by Crippen LogP contribution is 2.21. The van der Waals surface area contributed by atoms with E-state index in [1.165, 1.54) is 0 Å². The maximum atomic E-state index is 12.9. The number of carbonyl (C=O) groups is 1. The van der Waals surface area contributed by atoms with Crippen molar-refractivity contribution in [1.82, 2.24) is 5.32 Å². The number of carbonyl (C=O) groups excluding carboxylic acids is 1. The molecule has 0 saturated heterocycles. The Labute approximate surface area is 169 Å². The lowest BCUT2D eigenvalue weighted by atomic mass is 9.93. The van der Waals surface area contributed by atoms with Gasteiger partial charge in [0.1, 0.15) is 0 Å². The smallest absolute Gasteiger partial charge is 0.223 e. The van der Waals surface area contributed by atoms with Crippen LogP contribution in [0, 0.1) is 17.8 Å². The van der Waals surface area contributed by atoms with E-state index in [4.69, 9.17) is 0 Å². The van der Waals surface area contributed by atoms with E-state index in [9.17, 15) is 9.90 Å². The van der Waals surface area contributed by atoms with Gasteiger partial charge in [-0.15, -0.1) is 0 Å². The van der Waals surface area contributed by atoms with Crippen LogP contribution in [0.4, 0.5) is 0 Å². The summed E-state index contributed by atoms with van der Waals surface area (Å²) in [7, 11) is 0. The molecule has 0 aliphatic carbocycles. The van der Waals surface area contributed by atoms with Gasteiger partial charge >= 0.3 is 0 Å². The van der Waals surface area contributed by atoms with E-state index in [0.717, 1.165) is 11.1 Å². The van der Waals surface area contributed by atoms with Crippen molar-refractivity contribution >= 4 is 5.91 Å². The van der Waals surface area contributed by atoms with Crippen LogP contribution in [0.1, 0.15) is 44.4 Å². The van der Waals surface area contributed by atoms with Crippen LogP contribution >= 0.6 is 0 Å². The first-order chi connectivity index (χ1) is 13.5. The molecular formula is C25H33NO2. The quantitative estimate of drug-likeness (QED) is 0.575. The van der Waals surface area contributed by atoms with Crippen molar-refractivity contribution in [2.24, 2.45) is 17.8 Å². The second-order valence-corrected chi connectivity index (χ2v) is 7.87. The molecule has 0 aliphatic rings. The molecule has 0 aromatic heterocycles. The van der Waals surface area contributed by atoms with Gasteiger partial charge in [0.15, 0.2) is 0 Å². The number of benzene rings is 2. The molecule has 2 aromatic rings. The number of nitrogens with one attached hydrogen (secondary N) is 1. The van der Waals surface area contributed by atoms with E-state index in [2.05, 4.69) is 43.4 Å². The normalized spacial score (nSPS) is 14.8. The highest BCUT2D eigenvalue weighted by molar-refractivity contribution is 5.79. The molecule has 2 aromatic carbocycles. The van der Waals surface area contributed by atoms with Gasteiger partial charge in [-0.2, -0.15) is 0 Å². The lowest BCUT2D eigenvalue weighted by molar-refractivity contribution is -0.125. The SMILES string of the molecule is CC(C)C=CC[C@@H](Cc1ccccc1)C(=O)NC[C@@H](C)[C@@H](O)c1ccccc1. The van der Waals surface area contributed by atoms with Gasteiger partial charge in [0, 0.05) is 18.4 Å². The fraction of sp³-hybridized carbons (Fsp3) is 0.400. The zero-order chi connectivity index (χ0) is 20.4. The van der Waals surface area contributed by atoms with Crippen molar-refractivity contribution in [1.29, 1.82) is 0 Å². The minimum absolute atomic E-state index is 0.0457. The largest absolute Gasteiger partial charge is 0.388 e. The zero-order valence-electron chi connectivity index (χ0n) is 17.2. The highest BCUT2D eigenvalue weighted by Gasteiger charge is 2.21. The molecule has 2 rings (SSSR count). The summed E-state index contributed by atoms with van der Waals surface area (Å²) in [5.74, 6) is 0.347. The van der Waals surface area contributed by atoms with Crippen molar-refractivity contribution < 1.29 is 9.90 Å². The highest BCUT2D eigenvalue weighted by atomic mass is 16.3. The van der Waals surface area contributed by atoms with E-state index >= 15 is 0 Å². The molecule has 28 heavy (non-hydrogen) atoms. The number of aliphatic hydroxyl groups is 1. The Morgan fingerprint density at radius 1 is 1.00 bits per heavy atom. The van der Waals surface area contributed by atoms with Crippen molar-refractivity contribution in [2.45, 2.75) is 39.7 Å². The van der Waals surface area contributed by atoms with Crippen LogP contribution in [0.3, 0.4) is 0 Å². The average Bonchev–Trinajstić information content (AvgIpc) is 2.71. The van der Waals surface area contributed by atoms with Crippen LogP contribution < -0.4 is 5.32 Å². The first kappa shape index (κ1) is 21.9. The van der Waals surface area contributed by atoms with Gasteiger partial charge in [0.25, 0.3) is 0 Å². The summed E-state index contributed by atoms with van der Waals surface area (Å²) in [6, 6.07) is 19.7. The summed E-state index contributed by atoms with van der Waals surface area (Å²) < 4.78 is 0. The van der Waals surface area contributed by atoms with E-state index in [1.54, 1.807) is 0 Å². The lowest BCUT2D eigenvalue weighted by Crippen LogP contribution is -2.36. The van der Waals surface area contributed by atoms with Gasteiger partial charge < -0.3 is 10.4 Å². The Bertz CT molecular complexity index is 725. The van der Waals surface area contributed by atoms with Gasteiger partial charge in [-0.25, -0.2) is 0 Å². The Morgan fingerprint density at radius 2 is 1.61 bits per heavy atom. The molecule has 0 fully saturated rings. The second-order valence-electron chi connectivity index (χ2n) is 7.87. The third-order valence-electron chi connectivity index (χ3n) is 4.92. The molecular weight excluding hydrogens is 346 g/mol. The van der Waals surface area contributed by atoms with E-state index in [1.807, 2.05) is 55.5 Å². The molecule has 0 heterocycles. The van der Waals surface area contributed by atoms with E-state index in [0.29, 0.717) is 25.3 Å². The topological polar surface area (TPSA) is 49.3 Å². The van der Waals surface area contributed by atoms with Crippen LogP contribution in [0.2, 0.25) is 0 Å². The molecule has 0 unspecified atom stereocenters. The van der Waals surface area contributed by atoms with Gasteiger partial charge in [0.2, 0.25) is 5.91 Å². The van der Waals surface area contributed by atoms with Gasteiger partial charge in [-0.1, -0.05) is 93.6 Å². The van der Waals surface area contributed by atoms with Crippen molar-refractivity contribution in [2.75, 3.05) is 6.54 Å².